The van der Waals surface area contributed by atoms with Crippen LogP contribution in [0.1, 0.15) is 64.2 Å². The molecule has 0 saturated carbocycles. The van der Waals surface area contributed by atoms with Crippen LogP contribution >= 0.6 is 0 Å². The normalized spacial score (nSPS) is 11.1. The van der Waals surface area contributed by atoms with Gasteiger partial charge in [-0.3, -0.25) is 4.79 Å². The number of unbranched alkanes of at least 4 members (excludes halogenated alkanes) is 1. The highest BCUT2D eigenvalue weighted by Gasteiger charge is 2.14. The Bertz CT molecular complexity index is 1580. The van der Waals surface area contributed by atoms with Crippen molar-refractivity contribution in [1.29, 1.82) is 0 Å². The molecule has 3 aromatic carbocycles. The molecule has 52 heavy (non-hydrogen) atoms. The fourth-order valence-corrected chi connectivity index (χ4v) is 4.07. The number of carbonyl (C=O) groups is 5. The van der Waals surface area contributed by atoms with Crippen molar-refractivity contribution in [2.24, 2.45) is 5.92 Å². The molecule has 0 spiro atoms. The lowest BCUT2D eigenvalue weighted by atomic mass is 10.1. The predicted octanol–water partition coefficient (Wildman–Crippen LogP) is 5.79. The van der Waals surface area contributed by atoms with Crippen LogP contribution in [0.25, 0.3) is 0 Å². The van der Waals surface area contributed by atoms with Crippen molar-refractivity contribution in [3.8, 4) is 17.2 Å². The quantitative estimate of drug-likeness (QED) is 0.0381. The van der Waals surface area contributed by atoms with Crippen molar-refractivity contribution in [2.45, 2.75) is 33.1 Å². The highest BCUT2D eigenvalue weighted by molar-refractivity contribution is 5.93. The van der Waals surface area contributed by atoms with Crippen molar-refractivity contribution in [2.75, 3.05) is 52.9 Å². The molecular formula is C39H44O13. The van der Waals surface area contributed by atoms with Crippen molar-refractivity contribution < 1.29 is 61.9 Å². The maximum atomic E-state index is 12.6. The molecule has 13 heteroatoms. The van der Waals surface area contributed by atoms with E-state index in [1.54, 1.807) is 24.3 Å². The van der Waals surface area contributed by atoms with Gasteiger partial charge in [0.2, 0.25) is 0 Å². The van der Waals surface area contributed by atoms with E-state index in [1.165, 1.54) is 48.5 Å². The maximum Gasteiger partial charge on any atom is 0.343 e. The molecule has 0 fully saturated rings. The van der Waals surface area contributed by atoms with Gasteiger partial charge < -0.3 is 37.9 Å². The lowest BCUT2D eigenvalue weighted by molar-refractivity contribution is -0.149. The van der Waals surface area contributed by atoms with Gasteiger partial charge in [-0.2, -0.15) is 0 Å². The Morgan fingerprint density at radius 2 is 1.00 bits per heavy atom. The second-order valence-corrected chi connectivity index (χ2v) is 11.1. The Morgan fingerprint density at radius 1 is 0.558 bits per heavy atom. The molecular weight excluding hydrogens is 676 g/mol. The average Bonchev–Trinajstić information content (AvgIpc) is 3.16. The van der Waals surface area contributed by atoms with E-state index in [-0.39, 0.29) is 54.3 Å². The van der Waals surface area contributed by atoms with Crippen molar-refractivity contribution in [3.63, 3.8) is 0 Å². The summed E-state index contributed by atoms with van der Waals surface area (Å²) in [6, 6.07) is 18.2. The second kappa shape index (κ2) is 23.0. The molecule has 0 aliphatic rings. The summed E-state index contributed by atoms with van der Waals surface area (Å²) >= 11 is 0. The van der Waals surface area contributed by atoms with Crippen LogP contribution in [0.2, 0.25) is 0 Å². The van der Waals surface area contributed by atoms with E-state index in [9.17, 15) is 24.0 Å². The number of carbonyl (C=O) groups excluding carboxylic acids is 5. The monoisotopic (exact) mass is 720 g/mol. The van der Waals surface area contributed by atoms with Crippen LogP contribution < -0.4 is 14.2 Å². The predicted molar refractivity (Wildman–Crippen MR) is 187 cm³/mol. The molecule has 0 radical (unpaired) electrons. The third-order valence-corrected chi connectivity index (χ3v) is 7.23. The number of hydrogen-bond donors (Lipinski definition) is 0. The van der Waals surface area contributed by atoms with E-state index in [4.69, 9.17) is 37.9 Å². The first-order valence-corrected chi connectivity index (χ1v) is 16.9. The smallest absolute Gasteiger partial charge is 0.343 e. The van der Waals surface area contributed by atoms with E-state index in [2.05, 4.69) is 6.58 Å². The van der Waals surface area contributed by atoms with Crippen LogP contribution in [0.3, 0.4) is 0 Å². The van der Waals surface area contributed by atoms with Gasteiger partial charge in [0.05, 0.1) is 62.2 Å². The summed E-state index contributed by atoms with van der Waals surface area (Å²) in [6.45, 7) is 9.32. The van der Waals surface area contributed by atoms with Crippen molar-refractivity contribution in [1.82, 2.24) is 0 Å². The fraction of sp³-hybridized carbons (Fsp3) is 0.359. The van der Waals surface area contributed by atoms with Crippen molar-refractivity contribution in [3.05, 3.63) is 102 Å². The van der Waals surface area contributed by atoms with Crippen LogP contribution in [-0.4, -0.2) is 82.7 Å². The molecule has 13 nitrogen and oxygen atoms in total. The molecule has 0 amide bonds. The molecule has 3 rings (SSSR count). The third-order valence-electron chi connectivity index (χ3n) is 7.23. The second-order valence-electron chi connectivity index (χ2n) is 11.1. The van der Waals surface area contributed by atoms with Crippen LogP contribution in [0.15, 0.2) is 85.5 Å². The number of ether oxygens (including phenoxy) is 8. The summed E-state index contributed by atoms with van der Waals surface area (Å²) in [5.41, 5.74) is 0.808. The molecule has 0 aliphatic carbocycles. The zero-order valence-corrected chi connectivity index (χ0v) is 29.4. The number of hydrogen-bond acceptors (Lipinski definition) is 13. The fourth-order valence-electron chi connectivity index (χ4n) is 4.07. The standard InChI is InChI=1S/C39H44O13/c1-4-28(3)36(41)50-27-25-46-23-22-45-24-26-47-32-14-8-30(9-15-32)38(43)52-34-18-12-31(13-19-34)39(44)51-33-16-10-29(11-17-33)37(42)49-21-7-6-20-48-35(40)5-2/h5,8-19,28H,2,4,6-7,20-27H2,1,3H3. The van der Waals surface area contributed by atoms with Crippen LogP contribution in [0.4, 0.5) is 0 Å². The first-order chi connectivity index (χ1) is 25.2. The maximum absolute atomic E-state index is 12.6. The van der Waals surface area contributed by atoms with Crippen molar-refractivity contribution >= 4 is 29.8 Å². The van der Waals surface area contributed by atoms with Gasteiger partial charge in [0, 0.05) is 6.08 Å². The van der Waals surface area contributed by atoms with E-state index in [1.807, 2.05) is 13.8 Å². The van der Waals surface area contributed by atoms with Gasteiger partial charge in [-0.25, -0.2) is 19.2 Å². The SMILES string of the molecule is C=CC(=O)OCCCCOC(=O)c1ccc(OC(=O)c2ccc(OC(=O)c3ccc(OCCOCCOCCOC(=O)C(C)CC)cc3)cc2)cc1. The summed E-state index contributed by atoms with van der Waals surface area (Å²) < 4.78 is 42.5. The Hall–Kier alpha value is -5.53. The first kappa shape index (κ1) is 40.9. The van der Waals surface area contributed by atoms with Gasteiger partial charge in [0.1, 0.15) is 30.5 Å². The first-order valence-electron chi connectivity index (χ1n) is 16.9. The Labute approximate surface area is 302 Å². The number of esters is 5. The summed E-state index contributed by atoms with van der Waals surface area (Å²) in [7, 11) is 0. The molecule has 1 atom stereocenters. The van der Waals surface area contributed by atoms with E-state index >= 15 is 0 Å². The lowest BCUT2D eigenvalue weighted by Crippen LogP contribution is -2.18. The zero-order chi connectivity index (χ0) is 37.6. The summed E-state index contributed by atoms with van der Waals surface area (Å²) in [5, 5.41) is 0. The van der Waals surface area contributed by atoms with Crippen LogP contribution in [-0.2, 0) is 33.3 Å². The van der Waals surface area contributed by atoms with Crippen LogP contribution in [0.5, 0.6) is 17.2 Å². The summed E-state index contributed by atoms with van der Waals surface area (Å²) in [6.07, 6.45) is 2.87. The highest BCUT2D eigenvalue weighted by Crippen LogP contribution is 2.19. The molecule has 1 unspecified atom stereocenters. The molecule has 0 bridgehead atoms. The molecule has 0 aromatic heterocycles. The lowest BCUT2D eigenvalue weighted by Gasteiger charge is -2.10. The molecule has 0 aliphatic heterocycles. The third kappa shape index (κ3) is 15.2. The summed E-state index contributed by atoms with van der Waals surface area (Å²) in [4.78, 5) is 60.1. The molecule has 3 aromatic rings. The van der Waals surface area contributed by atoms with Gasteiger partial charge in [-0.15, -0.1) is 0 Å². The Kier molecular flexibility index (Phi) is 18.1. The van der Waals surface area contributed by atoms with Crippen LogP contribution in [0, 0.1) is 5.92 Å². The van der Waals surface area contributed by atoms with E-state index < -0.39 is 23.9 Å². The Morgan fingerprint density at radius 3 is 1.50 bits per heavy atom. The zero-order valence-electron chi connectivity index (χ0n) is 29.4. The van der Waals surface area contributed by atoms with Gasteiger partial charge in [-0.05, 0) is 92.1 Å². The van der Waals surface area contributed by atoms with Gasteiger partial charge >= 0.3 is 29.8 Å². The largest absolute Gasteiger partial charge is 0.491 e. The molecule has 0 saturated heterocycles. The Balaban J connectivity index is 1.31. The molecule has 278 valence electrons. The van der Waals surface area contributed by atoms with Gasteiger partial charge in [0.25, 0.3) is 0 Å². The topological polar surface area (TPSA) is 159 Å². The minimum Gasteiger partial charge on any atom is -0.491 e. The number of benzene rings is 3. The molecule has 0 heterocycles. The number of rotatable bonds is 23. The van der Waals surface area contributed by atoms with Gasteiger partial charge in [0.15, 0.2) is 0 Å². The average molecular weight is 721 g/mol. The minimum absolute atomic E-state index is 0.117. The van der Waals surface area contributed by atoms with E-state index in [0.717, 1.165) is 12.5 Å². The summed E-state index contributed by atoms with van der Waals surface area (Å²) in [5.74, 6) is -1.61. The van der Waals surface area contributed by atoms with Gasteiger partial charge in [-0.1, -0.05) is 20.4 Å². The van der Waals surface area contributed by atoms with E-state index in [0.29, 0.717) is 57.2 Å². The molecule has 0 N–H and O–H groups in total. The minimum atomic E-state index is -0.642. The highest BCUT2D eigenvalue weighted by atomic mass is 16.6.